The van der Waals surface area contributed by atoms with E-state index in [1.807, 2.05) is 12.1 Å². The van der Waals surface area contributed by atoms with Crippen molar-refractivity contribution < 1.29 is 23.7 Å². The van der Waals surface area contributed by atoms with Gasteiger partial charge >= 0.3 is 7.82 Å². The Labute approximate surface area is 90.0 Å². The lowest BCUT2D eigenvalue weighted by Crippen LogP contribution is -1.96. The second-order valence-corrected chi connectivity index (χ2v) is 3.82. The van der Waals surface area contributed by atoms with Crippen LogP contribution in [0.5, 0.6) is 0 Å². The number of hydrogen-bond acceptors (Lipinski definition) is 3. The van der Waals surface area contributed by atoms with E-state index in [2.05, 4.69) is 0 Å². The summed E-state index contributed by atoms with van der Waals surface area (Å²) in [6, 6.07) is 8.60. The number of para-hydroxylation sites is 1. The third kappa shape index (κ3) is 4.37. The maximum absolute atomic E-state index is 11.1. The van der Waals surface area contributed by atoms with Crippen LogP contribution >= 0.6 is 7.82 Å². The van der Waals surface area contributed by atoms with E-state index in [0.29, 0.717) is 11.0 Å². The van der Waals surface area contributed by atoms with Gasteiger partial charge in [-0.2, -0.15) is 0 Å². The van der Waals surface area contributed by atoms with Gasteiger partial charge in [0.2, 0.25) is 0 Å². The van der Waals surface area contributed by atoms with Crippen LogP contribution in [0.25, 0.3) is 11.0 Å². The molecule has 0 bridgehead atoms. The number of rotatable bonds is 0. The largest absolute Gasteiger partial charge is 0.466 e. The van der Waals surface area contributed by atoms with E-state index in [0.717, 1.165) is 0 Å². The average Bonchev–Trinajstić information content (AvgIpc) is 2.16. The molecule has 0 aliphatic carbocycles. The Morgan fingerprint density at radius 3 is 2.19 bits per heavy atom. The summed E-state index contributed by atoms with van der Waals surface area (Å²) in [5, 5.41) is 0.634. The summed E-state index contributed by atoms with van der Waals surface area (Å²) in [6.45, 7) is 0. The molecule has 0 saturated carbocycles. The van der Waals surface area contributed by atoms with Crippen LogP contribution in [0.1, 0.15) is 0 Å². The first kappa shape index (κ1) is 12.6. The minimum absolute atomic E-state index is 0.00634. The number of fused-ring (bicyclic) bond motifs is 1. The van der Waals surface area contributed by atoms with E-state index in [1.54, 1.807) is 12.1 Å². The summed E-state index contributed by atoms with van der Waals surface area (Å²) in [5.74, 6) is 0. The molecule has 7 heteroatoms. The standard InChI is InChI=1S/C9H6O2.H3O4P/c10-8-5-6-11-9-4-2-1-3-7(8)9;1-5(2,3)4/h1-6H;(H3,1,2,3,4). The summed E-state index contributed by atoms with van der Waals surface area (Å²) in [5.41, 5.74) is 0.645. The predicted octanol–water partition coefficient (Wildman–Crippen LogP) is 0.864. The fraction of sp³-hybridized carbons (Fsp3) is 0. The topological polar surface area (TPSA) is 108 Å². The van der Waals surface area contributed by atoms with Gasteiger partial charge in [-0.3, -0.25) is 4.79 Å². The number of benzene rings is 1. The molecule has 0 aliphatic heterocycles. The van der Waals surface area contributed by atoms with Gasteiger partial charge < -0.3 is 19.1 Å². The first-order valence-corrected chi connectivity index (χ1v) is 5.69. The Bertz CT molecular complexity index is 556. The normalized spacial score (nSPS) is 10.7. The lowest BCUT2D eigenvalue weighted by Gasteiger charge is -1.91. The van der Waals surface area contributed by atoms with Gasteiger partial charge in [-0.1, -0.05) is 12.1 Å². The molecule has 6 nitrogen and oxygen atoms in total. The predicted molar refractivity (Wildman–Crippen MR) is 56.7 cm³/mol. The highest BCUT2D eigenvalue weighted by Crippen LogP contribution is 2.25. The Morgan fingerprint density at radius 1 is 1.06 bits per heavy atom. The van der Waals surface area contributed by atoms with Crippen LogP contribution in [-0.2, 0) is 4.57 Å². The van der Waals surface area contributed by atoms with Gasteiger partial charge in [0.1, 0.15) is 5.58 Å². The molecular weight excluding hydrogens is 235 g/mol. The zero-order valence-corrected chi connectivity index (χ0v) is 8.87. The van der Waals surface area contributed by atoms with Crippen LogP contribution in [-0.4, -0.2) is 14.7 Å². The van der Waals surface area contributed by atoms with E-state index in [4.69, 9.17) is 23.7 Å². The van der Waals surface area contributed by atoms with Crippen molar-refractivity contribution in [3.63, 3.8) is 0 Å². The first-order chi connectivity index (χ1) is 7.38. The van der Waals surface area contributed by atoms with Crippen molar-refractivity contribution in [2.75, 3.05) is 0 Å². The molecular formula is C9H9O6P. The molecule has 0 spiro atoms. The van der Waals surface area contributed by atoms with Gasteiger partial charge in [0.05, 0.1) is 11.6 Å². The maximum atomic E-state index is 11.1. The second-order valence-electron chi connectivity index (χ2n) is 2.79. The van der Waals surface area contributed by atoms with Crippen molar-refractivity contribution in [2.24, 2.45) is 0 Å². The summed E-state index contributed by atoms with van der Waals surface area (Å²) in [6.07, 6.45) is 1.41. The molecule has 0 fully saturated rings. The van der Waals surface area contributed by atoms with Crippen molar-refractivity contribution in [1.29, 1.82) is 0 Å². The molecule has 2 rings (SSSR count). The van der Waals surface area contributed by atoms with Gasteiger partial charge in [-0.15, -0.1) is 0 Å². The van der Waals surface area contributed by atoms with E-state index in [1.165, 1.54) is 12.3 Å². The third-order valence-corrected chi connectivity index (χ3v) is 1.57. The van der Waals surface area contributed by atoms with Crippen LogP contribution in [0, 0.1) is 0 Å². The lowest BCUT2D eigenvalue weighted by molar-refractivity contribution is 0.275. The van der Waals surface area contributed by atoms with Gasteiger partial charge in [0.25, 0.3) is 0 Å². The molecule has 0 saturated heterocycles. The molecule has 0 unspecified atom stereocenters. The SMILES string of the molecule is O=P(O)(O)O.O=c1ccoc2ccccc12. The zero-order chi connectivity index (χ0) is 12.2. The summed E-state index contributed by atoms with van der Waals surface area (Å²) in [4.78, 5) is 32.7. The Hall–Kier alpha value is -1.46. The minimum Gasteiger partial charge on any atom is -0.464 e. The van der Waals surface area contributed by atoms with Crippen molar-refractivity contribution in [2.45, 2.75) is 0 Å². The molecule has 16 heavy (non-hydrogen) atoms. The van der Waals surface area contributed by atoms with E-state index < -0.39 is 7.82 Å². The lowest BCUT2D eigenvalue weighted by atomic mass is 10.2. The molecule has 1 aromatic heterocycles. The van der Waals surface area contributed by atoms with Gasteiger partial charge in [0, 0.05) is 6.07 Å². The van der Waals surface area contributed by atoms with Gasteiger partial charge in [-0.05, 0) is 12.1 Å². The van der Waals surface area contributed by atoms with Crippen LogP contribution < -0.4 is 5.43 Å². The highest BCUT2D eigenvalue weighted by Gasteiger charge is 2.00. The van der Waals surface area contributed by atoms with Gasteiger partial charge in [-0.25, -0.2) is 4.57 Å². The van der Waals surface area contributed by atoms with Crippen LogP contribution in [0.3, 0.4) is 0 Å². The molecule has 0 aliphatic rings. The summed E-state index contributed by atoms with van der Waals surface area (Å²) in [7, 11) is -4.64. The highest BCUT2D eigenvalue weighted by atomic mass is 31.2. The smallest absolute Gasteiger partial charge is 0.464 e. The Balaban J connectivity index is 0.000000221. The molecule has 0 radical (unpaired) electrons. The maximum Gasteiger partial charge on any atom is 0.466 e. The van der Waals surface area contributed by atoms with Crippen molar-refractivity contribution >= 4 is 18.8 Å². The summed E-state index contributed by atoms with van der Waals surface area (Å²) < 4.78 is 14.0. The molecule has 86 valence electrons. The molecule has 3 N–H and O–H groups in total. The van der Waals surface area contributed by atoms with Gasteiger partial charge in [0.15, 0.2) is 5.43 Å². The van der Waals surface area contributed by atoms with E-state index >= 15 is 0 Å². The summed E-state index contributed by atoms with van der Waals surface area (Å²) >= 11 is 0. The molecule has 0 amide bonds. The third-order valence-electron chi connectivity index (χ3n) is 1.57. The van der Waals surface area contributed by atoms with Crippen molar-refractivity contribution in [3.05, 3.63) is 46.8 Å². The van der Waals surface area contributed by atoms with Crippen molar-refractivity contribution in [1.82, 2.24) is 0 Å². The van der Waals surface area contributed by atoms with E-state index in [9.17, 15) is 4.79 Å². The zero-order valence-electron chi connectivity index (χ0n) is 7.98. The van der Waals surface area contributed by atoms with Crippen LogP contribution in [0.15, 0.2) is 45.8 Å². The molecule has 1 heterocycles. The van der Waals surface area contributed by atoms with Crippen LogP contribution in [0.4, 0.5) is 0 Å². The highest BCUT2D eigenvalue weighted by molar-refractivity contribution is 7.45. The Morgan fingerprint density at radius 2 is 1.62 bits per heavy atom. The minimum atomic E-state index is -4.64. The number of phosphoric acid groups is 1. The molecule has 1 aromatic carbocycles. The quantitative estimate of drug-likeness (QED) is 0.593. The molecule has 0 atom stereocenters. The fourth-order valence-corrected chi connectivity index (χ4v) is 1.03. The Kier molecular flexibility index (Phi) is 3.98. The molecule has 2 aromatic rings. The average molecular weight is 244 g/mol. The van der Waals surface area contributed by atoms with E-state index in [-0.39, 0.29) is 5.43 Å². The van der Waals surface area contributed by atoms with Crippen molar-refractivity contribution in [3.8, 4) is 0 Å². The second kappa shape index (κ2) is 5.05. The number of hydrogen-bond donors (Lipinski definition) is 3. The monoisotopic (exact) mass is 244 g/mol. The fourth-order valence-electron chi connectivity index (χ4n) is 1.03. The van der Waals surface area contributed by atoms with Crippen LogP contribution in [0.2, 0.25) is 0 Å². The first-order valence-electron chi connectivity index (χ1n) is 4.13.